The van der Waals surface area contributed by atoms with Crippen molar-refractivity contribution in [2.75, 3.05) is 5.75 Å². The number of benzene rings is 1. The van der Waals surface area contributed by atoms with Gasteiger partial charge in [-0.15, -0.1) is 10.2 Å². The summed E-state index contributed by atoms with van der Waals surface area (Å²) in [5.74, 6) is 2.03. The Balaban J connectivity index is 1.42. The minimum atomic E-state index is -2.77. The van der Waals surface area contributed by atoms with Crippen LogP contribution in [0.3, 0.4) is 0 Å². The van der Waals surface area contributed by atoms with Crippen molar-refractivity contribution in [3.05, 3.63) is 58.8 Å². The quantitative estimate of drug-likeness (QED) is 0.386. The van der Waals surface area contributed by atoms with Crippen molar-refractivity contribution in [1.82, 2.24) is 14.9 Å². The monoisotopic (exact) mass is 418 g/mol. The first-order valence-corrected chi connectivity index (χ1v) is 10.4. The highest BCUT2D eigenvalue weighted by Crippen LogP contribution is 2.27. The highest BCUT2D eigenvalue weighted by atomic mass is 32.2. The number of ether oxygens (including phenoxy) is 1. The highest BCUT2D eigenvalue weighted by Gasteiger charge is 2.20. The molecular formula is C20H20F2N4O2S. The summed E-state index contributed by atoms with van der Waals surface area (Å²) in [4.78, 5) is 0. The first kappa shape index (κ1) is 19.6. The van der Waals surface area contributed by atoms with Gasteiger partial charge in [0, 0.05) is 0 Å². The van der Waals surface area contributed by atoms with Gasteiger partial charge >= 0.3 is 0 Å². The molecule has 29 heavy (non-hydrogen) atoms. The molecule has 0 bridgehead atoms. The Labute approximate surface area is 171 Å². The van der Waals surface area contributed by atoms with Crippen LogP contribution in [0.5, 0.6) is 5.75 Å². The molecule has 0 saturated carbocycles. The van der Waals surface area contributed by atoms with Crippen molar-refractivity contribution in [1.29, 1.82) is 0 Å². The van der Waals surface area contributed by atoms with Crippen molar-refractivity contribution in [2.45, 2.75) is 44.4 Å². The van der Waals surface area contributed by atoms with E-state index in [-0.39, 0.29) is 6.61 Å². The molecule has 0 fully saturated rings. The zero-order valence-corrected chi connectivity index (χ0v) is 16.7. The molecule has 3 aromatic rings. The molecule has 152 valence electrons. The van der Waals surface area contributed by atoms with Crippen LogP contribution in [0.2, 0.25) is 0 Å². The van der Waals surface area contributed by atoms with E-state index in [4.69, 9.17) is 9.15 Å². The van der Waals surface area contributed by atoms with Crippen LogP contribution in [0.4, 0.5) is 8.78 Å². The van der Waals surface area contributed by atoms with Gasteiger partial charge in [0.2, 0.25) is 11.0 Å². The van der Waals surface area contributed by atoms with Crippen molar-refractivity contribution < 1.29 is 17.9 Å². The van der Waals surface area contributed by atoms with Gasteiger partial charge in [-0.3, -0.25) is 0 Å². The lowest BCUT2D eigenvalue weighted by Gasteiger charge is -2.06. The number of fused-ring (bicyclic) bond motifs is 1. The molecule has 0 atom stereocenters. The van der Waals surface area contributed by atoms with Gasteiger partial charge < -0.3 is 9.15 Å². The second-order valence-corrected chi connectivity index (χ2v) is 7.74. The van der Waals surface area contributed by atoms with Gasteiger partial charge in [-0.1, -0.05) is 24.8 Å². The molecule has 1 aliphatic carbocycles. The maximum atomic E-state index is 13.1. The number of hydrogen-bond acceptors (Lipinski definition) is 6. The highest BCUT2D eigenvalue weighted by molar-refractivity contribution is 7.99. The van der Waals surface area contributed by atoms with Crippen LogP contribution in [-0.4, -0.2) is 26.8 Å². The minimum Gasteiger partial charge on any atom is -0.486 e. The van der Waals surface area contributed by atoms with Crippen LogP contribution in [-0.2, 0) is 19.4 Å². The smallest absolute Gasteiger partial charge is 0.299 e. The zero-order chi connectivity index (χ0) is 20.2. The maximum absolute atomic E-state index is 13.1. The van der Waals surface area contributed by atoms with E-state index in [1.54, 1.807) is 12.1 Å². The van der Waals surface area contributed by atoms with Gasteiger partial charge in [0.05, 0.1) is 6.21 Å². The van der Waals surface area contributed by atoms with Crippen molar-refractivity contribution >= 4 is 18.0 Å². The molecule has 0 radical (unpaired) electrons. The Kier molecular flexibility index (Phi) is 5.94. The van der Waals surface area contributed by atoms with Crippen LogP contribution >= 0.6 is 11.8 Å². The Morgan fingerprint density at radius 2 is 2.10 bits per heavy atom. The molecule has 0 N–H and O–H groups in total. The molecule has 0 aliphatic heterocycles. The lowest BCUT2D eigenvalue weighted by atomic mass is 10.1. The lowest BCUT2D eigenvalue weighted by Crippen LogP contribution is -2.00. The third-order valence-corrected chi connectivity index (χ3v) is 5.34. The summed E-state index contributed by atoms with van der Waals surface area (Å²) < 4.78 is 38.8. The topological polar surface area (TPSA) is 65.4 Å². The van der Waals surface area contributed by atoms with Crippen LogP contribution in [0.15, 0.2) is 45.0 Å². The number of aromatic nitrogens is 3. The van der Waals surface area contributed by atoms with E-state index < -0.39 is 12.2 Å². The van der Waals surface area contributed by atoms with E-state index in [9.17, 15) is 8.78 Å². The van der Waals surface area contributed by atoms with Gasteiger partial charge in [-0.2, -0.15) is 9.78 Å². The summed E-state index contributed by atoms with van der Waals surface area (Å²) in [6.45, 7) is 2.17. The summed E-state index contributed by atoms with van der Waals surface area (Å²) in [5, 5.41) is 11.7. The number of nitrogens with zero attached hydrogens (tertiary/aromatic N) is 4. The molecule has 1 aliphatic rings. The third kappa shape index (κ3) is 4.50. The molecule has 1 aromatic carbocycles. The van der Waals surface area contributed by atoms with Gasteiger partial charge in [0.1, 0.15) is 23.9 Å². The van der Waals surface area contributed by atoms with Crippen molar-refractivity contribution in [3.63, 3.8) is 0 Å². The number of rotatable bonds is 8. The first-order valence-electron chi connectivity index (χ1n) is 9.38. The van der Waals surface area contributed by atoms with Crippen LogP contribution in [0.25, 0.3) is 0 Å². The lowest BCUT2D eigenvalue weighted by molar-refractivity contribution is 0.135. The van der Waals surface area contributed by atoms with Crippen LogP contribution in [0.1, 0.15) is 48.2 Å². The molecule has 0 spiro atoms. The van der Waals surface area contributed by atoms with Gasteiger partial charge in [-0.25, -0.2) is 8.78 Å². The van der Waals surface area contributed by atoms with E-state index in [0.717, 1.165) is 23.3 Å². The molecule has 4 rings (SSSR count). The van der Waals surface area contributed by atoms with E-state index >= 15 is 0 Å². The summed E-state index contributed by atoms with van der Waals surface area (Å²) in [5.41, 5.74) is 2.74. The van der Waals surface area contributed by atoms with E-state index in [2.05, 4.69) is 27.4 Å². The van der Waals surface area contributed by atoms with Crippen LogP contribution < -0.4 is 4.74 Å². The molecule has 0 saturated heterocycles. The second-order valence-electron chi connectivity index (χ2n) is 6.51. The molecule has 2 aromatic heterocycles. The predicted octanol–water partition coefficient (Wildman–Crippen LogP) is 4.87. The summed E-state index contributed by atoms with van der Waals surface area (Å²) in [6.07, 6.45) is 2.02. The minimum absolute atomic E-state index is 0.276. The second kappa shape index (κ2) is 8.77. The Bertz CT molecular complexity index is 1020. The molecule has 0 unspecified atom stereocenters. The fraction of sp³-hybridized carbons (Fsp3) is 0.350. The summed E-state index contributed by atoms with van der Waals surface area (Å²) in [7, 11) is 0. The van der Waals surface area contributed by atoms with E-state index in [1.165, 1.54) is 35.5 Å². The standard InChI is InChI=1S/C20H20F2N4O2S/c1-2-29-20-25-24-19(18(21)22)26(20)23-11-16-8-9-17(28-16)12-27-15-7-6-13-4-3-5-14(13)10-15/h6-11,18H,2-5,12H2,1H3/b23-11+. The van der Waals surface area contributed by atoms with Gasteiger partial charge in [-0.05, 0) is 60.4 Å². The molecule has 0 amide bonds. The molecule has 6 nitrogen and oxygen atoms in total. The van der Waals surface area contributed by atoms with Crippen LogP contribution in [0, 0.1) is 0 Å². The Hall–Kier alpha value is -2.68. The first-order chi connectivity index (χ1) is 14.1. The average Bonchev–Trinajstić information content (AvgIpc) is 3.44. The average molecular weight is 418 g/mol. The van der Waals surface area contributed by atoms with Crippen molar-refractivity contribution in [3.8, 4) is 5.75 Å². The van der Waals surface area contributed by atoms with Crippen molar-refractivity contribution in [2.24, 2.45) is 5.10 Å². The summed E-state index contributed by atoms with van der Waals surface area (Å²) >= 11 is 1.29. The maximum Gasteiger partial charge on any atom is 0.299 e. The Morgan fingerprint density at radius 3 is 2.93 bits per heavy atom. The molecular weight excluding hydrogens is 398 g/mol. The number of aryl methyl sites for hydroxylation is 2. The van der Waals surface area contributed by atoms with E-state index in [1.807, 2.05) is 13.0 Å². The fourth-order valence-electron chi connectivity index (χ4n) is 3.19. The third-order valence-electron chi connectivity index (χ3n) is 4.54. The fourth-order valence-corrected chi connectivity index (χ4v) is 3.81. The zero-order valence-electron chi connectivity index (χ0n) is 15.8. The predicted molar refractivity (Wildman–Crippen MR) is 106 cm³/mol. The van der Waals surface area contributed by atoms with E-state index in [0.29, 0.717) is 22.4 Å². The van der Waals surface area contributed by atoms with Gasteiger partial charge in [0.25, 0.3) is 6.43 Å². The number of hydrogen-bond donors (Lipinski definition) is 0. The SMILES string of the molecule is CCSc1nnc(C(F)F)n1/N=C/c1ccc(COc2ccc3c(c2)CCC3)o1. The largest absolute Gasteiger partial charge is 0.486 e. The number of halogens is 2. The normalized spacial score (nSPS) is 13.5. The Morgan fingerprint density at radius 1 is 1.24 bits per heavy atom. The molecule has 2 heterocycles. The number of alkyl halides is 2. The summed E-state index contributed by atoms with van der Waals surface area (Å²) in [6, 6.07) is 9.66. The number of thioether (sulfide) groups is 1. The number of furan rings is 1. The van der Waals surface area contributed by atoms with Gasteiger partial charge in [0.15, 0.2) is 0 Å². The molecule has 9 heteroatoms.